The molecule has 94 valence electrons. The molecule has 0 amide bonds. The molecule has 0 fully saturated rings. The molecule has 0 bridgehead atoms. The van der Waals surface area contributed by atoms with Gasteiger partial charge in [0.05, 0.1) is 0 Å². The van der Waals surface area contributed by atoms with Crippen LogP contribution >= 0.6 is 0 Å². The van der Waals surface area contributed by atoms with Crippen LogP contribution in [0.2, 0.25) is 0 Å². The molecule has 0 heterocycles. The van der Waals surface area contributed by atoms with Crippen LogP contribution < -0.4 is 11.5 Å². The summed E-state index contributed by atoms with van der Waals surface area (Å²) in [6.07, 6.45) is -3.69. The van der Waals surface area contributed by atoms with Crippen molar-refractivity contribution in [2.75, 3.05) is 6.54 Å². The molecule has 0 saturated heterocycles. The number of carboxylic acids is 1. The third kappa shape index (κ3) is 6.23. The van der Waals surface area contributed by atoms with E-state index in [4.69, 9.17) is 10.8 Å². The number of rotatable bonds is 6. The summed E-state index contributed by atoms with van der Waals surface area (Å²) in [6.45, 7) is -0.0856. The maximum atomic E-state index is 11.8. The summed E-state index contributed by atoms with van der Waals surface area (Å²) in [6, 6.07) is -0.982. The molecule has 0 aromatic rings. The lowest BCUT2D eigenvalue weighted by molar-refractivity contribution is -0.138. The van der Waals surface area contributed by atoms with Crippen molar-refractivity contribution in [3.05, 3.63) is 0 Å². The SMILES string of the molecule is NC(=NCCCCC(N)C(=O)O)C(F)(F)F. The molecule has 0 aliphatic rings. The van der Waals surface area contributed by atoms with E-state index in [1.165, 1.54) is 0 Å². The van der Waals surface area contributed by atoms with E-state index >= 15 is 0 Å². The van der Waals surface area contributed by atoms with Gasteiger partial charge in [0.15, 0.2) is 0 Å². The molecular formula is C8H14F3N3O2. The van der Waals surface area contributed by atoms with E-state index in [0.717, 1.165) is 0 Å². The summed E-state index contributed by atoms with van der Waals surface area (Å²) in [7, 11) is 0. The number of alkyl halides is 3. The molecule has 1 atom stereocenters. The van der Waals surface area contributed by atoms with Crippen LogP contribution in [0.15, 0.2) is 4.99 Å². The minimum atomic E-state index is -4.60. The summed E-state index contributed by atoms with van der Waals surface area (Å²) < 4.78 is 35.5. The van der Waals surface area contributed by atoms with Gasteiger partial charge >= 0.3 is 12.1 Å². The zero-order valence-corrected chi connectivity index (χ0v) is 8.50. The van der Waals surface area contributed by atoms with Gasteiger partial charge in [-0.1, -0.05) is 0 Å². The Morgan fingerprint density at radius 2 is 1.94 bits per heavy atom. The van der Waals surface area contributed by atoms with Crippen LogP contribution in [-0.2, 0) is 4.79 Å². The van der Waals surface area contributed by atoms with Crippen molar-refractivity contribution in [1.82, 2.24) is 0 Å². The first kappa shape index (κ1) is 14.7. The predicted molar refractivity (Wildman–Crippen MR) is 52.0 cm³/mol. The Hall–Kier alpha value is -1.31. The van der Waals surface area contributed by atoms with E-state index in [-0.39, 0.29) is 13.0 Å². The van der Waals surface area contributed by atoms with Gasteiger partial charge in [-0.3, -0.25) is 9.79 Å². The first-order valence-corrected chi connectivity index (χ1v) is 4.60. The molecule has 0 radical (unpaired) electrons. The summed E-state index contributed by atoms with van der Waals surface area (Å²) in [5, 5.41) is 8.41. The van der Waals surface area contributed by atoms with Gasteiger partial charge in [0.1, 0.15) is 6.04 Å². The molecule has 16 heavy (non-hydrogen) atoms. The average molecular weight is 241 g/mol. The summed E-state index contributed by atoms with van der Waals surface area (Å²) >= 11 is 0. The highest BCUT2D eigenvalue weighted by Gasteiger charge is 2.33. The molecule has 1 unspecified atom stereocenters. The second-order valence-electron chi connectivity index (χ2n) is 3.21. The van der Waals surface area contributed by atoms with E-state index < -0.39 is 24.0 Å². The predicted octanol–water partition coefficient (Wildman–Crippen LogP) is 0.488. The van der Waals surface area contributed by atoms with Crippen LogP contribution in [-0.4, -0.2) is 35.7 Å². The number of aliphatic imine (C=N–C) groups is 1. The van der Waals surface area contributed by atoms with Crippen molar-refractivity contribution in [2.24, 2.45) is 16.5 Å². The van der Waals surface area contributed by atoms with Crippen LogP contribution in [0.25, 0.3) is 0 Å². The Bertz CT molecular complexity index is 266. The highest BCUT2D eigenvalue weighted by molar-refractivity contribution is 5.85. The van der Waals surface area contributed by atoms with Crippen molar-refractivity contribution in [2.45, 2.75) is 31.5 Å². The third-order valence-corrected chi connectivity index (χ3v) is 1.81. The number of amidine groups is 1. The first-order chi connectivity index (χ1) is 7.25. The van der Waals surface area contributed by atoms with E-state index in [1.54, 1.807) is 0 Å². The lowest BCUT2D eigenvalue weighted by atomic mass is 10.1. The fourth-order valence-electron chi connectivity index (χ4n) is 0.889. The molecule has 0 saturated carbocycles. The van der Waals surface area contributed by atoms with Gasteiger partial charge in [-0.15, -0.1) is 0 Å². The lowest BCUT2D eigenvalue weighted by Gasteiger charge is -2.06. The smallest absolute Gasteiger partial charge is 0.448 e. The Morgan fingerprint density at radius 3 is 2.38 bits per heavy atom. The van der Waals surface area contributed by atoms with Gasteiger partial charge in [-0.25, -0.2) is 0 Å². The van der Waals surface area contributed by atoms with Crippen LogP contribution in [0.5, 0.6) is 0 Å². The minimum absolute atomic E-state index is 0.0856. The fraction of sp³-hybridized carbons (Fsp3) is 0.750. The Kier molecular flexibility index (Phi) is 5.79. The topological polar surface area (TPSA) is 102 Å². The quantitative estimate of drug-likeness (QED) is 0.357. The number of nitrogens with two attached hydrogens (primary N) is 2. The molecule has 5 N–H and O–H groups in total. The second-order valence-corrected chi connectivity index (χ2v) is 3.21. The zero-order chi connectivity index (χ0) is 12.8. The second kappa shape index (κ2) is 6.31. The van der Waals surface area contributed by atoms with Gasteiger partial charge in [0.25, 0.3) is 0 Å². The standard InChI is InChI=1S/C8H14F3N3O2/c9-8(10,11)7(13)14-4-2-1-3-5(12)6(15)16/h5H,1-4,12H2,(H2,13,14)(H,15,16). The average Bonchev–Trinajstić information content (AvgIpc) is 2.14. The number of hydrogen-bond donors (Lipinski definition) is 3. The Balaban J connectivity index is 3.73. The van der Waals surface area contributed by atoms with Crippen LogP contribution in [0.3, 0.4) is 0 Å². The molecule has 0 rings (SSSR count). The molecule has 0 aliphatic carbocycles. The number of halogens is 3. The van der Waals surface area contributed by atoms with Gasteiger partial charge in [-0.05, 0) is 19.3 Å². The van der Waals surface area contributed by atoms with Gasteiger partial charge in [-0.2, -0.15) is 13.2 Å². The highest BCUT2D eigenvalue weighted by Crippen LogP contribution is 2.14. The molecule has 0 spiro atoms. The van der Waals surface area contributed by atoms with Crippen LogP contribution in [0, 0.1) is 0 Å². The van der Waals surface area contributed by atoms with Crippen LogP contribution in [0.1, 0.15) is 19.3 Å². The van der Waals surface area contributed by atoms with Crippen LogP contribution in [0.4, 0.5) is 13.2 Å². The third-order valence-electron chi connectivity index (χ3n) is 1.81. The molecule has 8 heteroatoms. The van der Waals surface area contributed by atoms with E-state index in [2.05, 4.69) is 10.7 Å². The minimum Gasteiger partial charge on any atom is -0.480 e. The van der Waals surface area contributed by atoms with Crippen molar-refractivity contribution >= 4 is 11.8 Å². The van der Waals surface area contributed by atoms with Gasteiger partial charge < -0.3 is 16.6 Å². The van der Waals surface area contributed by atoms with E-state index in [1.807, 2.05) is 0 Å². The fourth-order valence-corrected chi connectivity index (χ4v) is 0.889. The Labute approximate surface area is 90.3 Å². The normalized spacial score (nSPS) is 14.9. The summed E-state index contributed by atoms with van der Waals surface area (Å²) in [4.78, 5) is 13.4. The van der Waals surface area contributed by atoms with Gasteiger partial charge in [0.2, 0.25) is 5.84 Å². The molecule has 0 aromatic heterocycles. The number of carbonyl (C=O) groups is 1. The molecular weight excluding hydrogens is 227 g/mol. The van der Waals surface area contributed by atoms with Crippen molar-refractivity contribution in [3.63, 3.8) is 0 Å². The van der Waals surface area contributed by atoms with E-state index in [9.17, 15) is 18.0 Å². The number of carboxylic acid groups (broad SMARTS) is 1. The van der Waals surface area contributed by atoms with Crippen molar-refractivity contribution < 1.29 is 23.1 Å². The maximum Gasteiger partial charge on any atom is 0.448 e. The summed E-state index contributed by atoms with van der Waals surface area (Å²) in [5.41, 5.74) is 9.83. The largest absolute Gasteiger partial charge is 0.480 e. The van der Waals surface area contributed by atoms with Crippen molar-refractivity contribution in [1.29, 1.82) is 0 Å². The summed E-state index contributed by atoms with van der Waals surface area (Å²) in [5.74, 6) is -2.49. The molecule has 0 aromatic carbocycles. The molecule has 5 nitrogen and oxygen atoms in total. The first-order valence-electron chi connectivity index (χ1n) is 4.60. The van der Waals surface area contributed by atoms with Crippen molar-refractivity contribution in [3.8, 4) is 0 Å². The maximum absolute atomic E-state index is 11.8. The number of hydrogen-bond acceptors (Lipinski definition) is 3. The lowest BCUT2D eigenvalue weighted by Crippen LogP contribution is -2.31. The van der Waals surface area contributed by atoms with E-state index in [0.29, 0.717) is 12.8 Å². The highest BCUT2D eigenvalue weighted by atomic mass is 19.4. The zero-order valence-electron chi connectivity index (χ0n) is 8.50. The number of aliphatic carboxylic acids is 1. The van der Waals surface area contributed by atoms with Gasteiger partial charge in [0, 0.05) is 6.54 Å². The monoisotopic (exact) mass is 241 g/mol. The Morgan fingerprint density at radius 1 is 1.38 bits per heavy atom. The molecule has 0 aliphatic heterocycles. The number of nitrogens with zero attached hydrogens (tertiary/aromatic N) is 1. The number of unbranched alkanes of at least 4 members (excludes halogenated alkanes) is 1.